The van der Waals surface area contributed by atoms with E-state index in [1.165, 1.54) is 36.0 Å². The molecule has 120 valence electrons. The second-order valence-corrected chi connectivity index (χ2v) is 5.66. The number of thioether (sulfide) groups is 1. The number of nitrogens with one attached hydrogen (secondary N) is 1. The van der Waals surface area contributed by atoms with Gasteiger partial charge in [0.1, 0.15) is 0 Å². The minimum absolute atomic E-state index is 0.0461. The first-order valence-corrected chi connectivity index (χ1v) is 7.85. The summed E-state index contributed by atoms with van der Waals surface area (Å²) in [5.74, 6) is 0.596. The number of nitrogens with zero attached hydrogens (tertiary/aromatic N) is 4. The molecular formula is C15H11N5O3S. The van der Waals surface area contributed by atoms with Gasteiger partial charge in [0.2, 0.25) is 5.16 Å². The normalized spacial score (nSPS) is 10.5. The number of benzene rings is 1. The van der Waals surface area contributed by atoms with Gasteiger partial charge in [0, 0.05) is 35.7 Å². The molecule has 0 fully saturated rings. The highest BCUT2D eigenvalue weighted by Crippen LogP contribution is 2.20. The molecule has 0 bridgehead atoms. The summed E-state index contributed by atoms with van der Waals surface area (Å²) in [6.07, 6.45) is 3.31. The maximum atomic E-state index is 12.1. The molecule has 0 saturated heterocycles. The van der Waals surface area contributed by atoms with Crippen molar-refractivity contribution in [2.24, 2.45) is 0 Å². The van der Waals surface area contributed by atoms with Gasteiger partial charge in [-0.15, -0.1) is 5.10 Å². The number of pyridine rings is 1. The Morgan fingerprint density at radius 2 is 1.88 bits per heavy atom. The third kappa shape index (κ3) is 3.63. The Morgan fingerprint density at radius 1 is 1.17 bits per heavy atom. The Balaban J connectivity index is 1.62. The van der Waals surface area contributed by atoms with Crippen molar-refractivity contribution < 1.29 is 9.72 Å². The molecule has 0 atom stereocenters. The lowest BCUT2D eigenvalue weighted by atomic mass is 10.1. The molecule has 0 unspecified atom stereocenters. The van der Waals surface area contributed by atoms with E-state index in [2.05, 4.69) is 20.2 Å². The fraction of sp³-hybridized carbons (Fsp3) is 0.0667. The second-order valence-electron chi connectivity index (χ2n) is 4.72. The molecule has 2 heterocycles. The van der Waals surface area contributed by atoms with Crippen LogP contribution in [0.25, 0.3) is 11.4 Å². The van der Waals surface area contributed by atoms with E-state index in [0.29, 0.717) is 16.5 Å². The number of aromatic nitrogens is 4. The van der Waals surface area contributed by atoms with Crippen LogP contribution in [0.15, 0.2) is 53.9 Å². The predicted octanol–water partition coefficient (Wildman–Crippen LogP) is 2.75. The van der Waals surface area contributed by atoms with Crippen molar-refractivity contribution >= 4 is 23.2 Å². The van der Waals surface area contributed by atoms with E-state index in [0.717, 1.165) is 5.56 Å². The average Bonchev–Trinajstić information content (AvgIpc) is 3.09. The van der Waals surface area contributed by atoms with Gasteiger partial charge < -0.3 is 0 Å². The van der Waals surface area contributed by atoms with Crippen LogP contribution in [0.5, 0.6) is 0 Å². The molecule has 0 aliphatic heterocycles. The molecule has 3 rings (SSSR count). The molecule has 2 aromatic heterocycles. The van der Waals surface area contributed by atoms with Crippen molar-refractivity contribution in [3.63, 3.8) is 0 Å². The Morgan fingerprint density at radius 3 is 2.54 bits per heavy atom. The van der Waals surface area contributed by atoms with Gasteiger partial charge in [0.05, 0.1) is 10.7 Å². The lowest BCUT2D eigenvalue weighted by Crippen LogP contribution is -2.02. The first-order valence-electron chi connectivity index (χ1n) is 6.87. The topological polar surface area (TPSA) is 115 Å². The van der Waals surface area contributed by atoms with Crippen LogP contribution < -0.4 is 0 Å². The number of aromatic amines is 1. The minimum atomic E-state index is -0.503. The number of nitro benzene ring substituents is 1. The third-order valence-corrected chi connectivity index (χ3v) is 4.00. The summed E-state index contributed by atoms with van der Waals surface area (Å²) in [4.78, 5) is 30.5. The number of hydrogen-bond donors (Lipinski definition) is 1. The summed E-state index contributed by atoms with van der Waals surface area (Å²) < 4.78 is 0. The highest BCUT2D eigenvalue weighted by Gasteiger charge is 2.12. The lowest BCUT2D eigenvalue weighted by Gasteiger charge is -1.99. The molecule has 0 spiro atoms. The maximum absolute atomic E-state index is 12.1. The summed E-state index contributed by atoms with van der Waals surface area (Å²) in [5.41, 5.74) is 1.22. The molecule has 1 aromatic carbocycles. The van der Waals surface area contributed by atoms with Gasteiger partial charge in [-0.3, -0.25) is 25.0 Å². The maximum Gasteiger partial charge on any atom is 0.269 e. The molecule has 8 nitrogen and oxygen atoms in total. The van der Waals surface area contributed by atoms with Crippen LogP contribution in [0.2, 0.25) is 0 Å². The van der Waals surface area contributed by atoms with Gasteiger partial charge in [-0.05, 0) is 24.3 Å². The number of non-ortho nitro benzene ring substituents is 1. The number of Topliss-reactive ketones (excluding diaryl/α,β-unsaturated/α-hetero) is 1. The van der Waals surface area contributed by atoms with Crippen LogP contribution in [0.3, 0.4) is 0 Å². The highest BCUT2D eigenvalue weighted by atomic mass is 32.2. The van der Waals surface area contributed by atoms with Gasteiger partial charge in [-0.2, -0.15) is 0 Å². The largest absolute Gasteiger partial charge is 0.293 e. The molecular weight excluding hydrogens is 330 g/mol. The van der Waals surface area contributed by atoms with E-state index in [4.69, 9.17) is 0 Å². The van der Waals surface area contributed by atoms with Gasteiger partial charge in [0.15, 0.2) is 11.6 Å². The highest BCUT2D eigenvalue weighted by molar-refractivity contribution is 7.99. The monoisotopic (exact) mass is 341 g/mol. The summed E-state index contributed by atoms with van der Waals surface area (Å²) in [5, 5.41) is 17.9. The van der Waals surface area contributed by atoms with E-state index >= 15 is 0 Å². The van der Waals surface area contributed by atoms with E-state index < -0.39 is 4.92 Å². The number of ketones is 1. The van der Waals surface area contributed by atoms with Crippen LogP contribution in [-0.4, -0.2) is 36.6 Å². The first-order chi connectivity index (χ1) is 11.6. The van der Waals surface area contributed by atoms with Crippen LogP contribution in [-0.2, 0) is 0 Å². The Kier molecular flexibility index (Phi) is 4.62. The van der Waals surface area contributed by atoms with Gasteiger partial charge >= 0.3 is 0 Å². The number of carbonyl (C=O) groups excluding carboxylic acids is 1. The third-order valence-electron chi connectivity index (χ3n) is 3.15. The van der Waals surface area contributed by atoms with Crippen LogP contribution in [0.1, 0.15) is 10.4 Å². The quantitative estimate of drug-likeness (QED) is 0.317. The van der Waals surface area contributed by atoms with Gasteiger partial charge in [0.25, 0.3) is 5.69 Å². The SMILES string of the molecule is O=C(CSc1n[nH]c(-c2ccncc2)n1)c1ccc([N+](=O)[O-])cc1. The standard InChI is InChI=1S/C15H11N5O3S/c21-13(10-1-3-12(4-2-10)20(22)23)9-24-15-17-14(18-19-15)11-5-7-16-8-6-11/h1-8H,9H2,(H,17,18,19). The van der Waals surface area contributed by atoms with E-state index in [9.17, 15) is 14.9 Å². The van der Waals surface area contributed by atoms with Gasteiger partial charge in [-0.25, -0.2) is 4.98 Å². The molecule has 0 amide bonds. The number of H-pyrrole nitrogens is 1. The van der Waals surface area contributed by atoms with Crippen LogP contribution >= 0.6 is 11.8 Å². The Bertz CT molecular complexity index is 864. The lowest BCUT2D eigenvalue weighted by molar-refractivity contribution is -0.384. The molecule has 0 aliphatic carbocycles. The van der Waals surface area contributed by atoms with Crippen molar-refractivity contribution in [2.45, 2.75) is 5.16 Å². The van der Waals surface area contributed by atoms with Crippen LogP contribution in [0.4, 0.5) is 5.69 Å². The van der Waals surface area contributed by atoms with Gasteiger partial charge in [-0.1, -0.05) is 11.8 Å². The average molecular weight is 341 g/mol. The summed E-state index contributed by atoms with van der Waals surface area (Å²) in [6, 6.07) is 9.12. The first kappa shape index (κ1) is 15.8. The molecule has 0 radical (unpaired) electrons. The Hall–Kier alpha value is -3.07. The van der Waals surface area contributed by atoms with Crippen molar-refractivity contribution in [1.82, 2.24) is 20.2 Å². The molecule has 0 saturated carbocycles. The minimum Gasteiger partial charge on any atom is -0.293 e. The second kappa shape index (κ2) is 7.01. The number of rotatable bonds is 6. The zero-order chi connectivity index (χ0) is 16.9. The summed E-state index contributed by atoms with van der Waals surface area (Å²) >= 11 is 1.20. The fourth-order valence-electron chi connectivity index (χ4n) is 1.93. The van der Waals surface area contributed by atoms with Crippen molar-refractivity contribution in [3.8, 4) is 11.4 Å². The van der Waals surface area contributed by atoms with Crippen LogP contribution in [0, 0.1) is 10.1 Å². The van der Waals surface area contributed by atoms with Crippen molar-refractivity contribution in [2.75, 3.05) is 5.75 Å². The summed E-state index contributed by atoms with van der Waals surface area (Å²) in [7, 11) is 0. The predicted molar refractivity (Wildman–Crippen MR) is 87.8 cm³/mol. The van der Waals surface area contributed by atoms with E-state index in [1.807, 2.05) is 0 Å². The Labute approximate surface area is 140 Å². The van der Waals surface area contributed by atoms with E-state index in [-0.39, 0.29) is 17.2 Å². The fourth-order valence-corrected chi connectivity index (χ4v) is 2.63. The zero-order valence-electron chi connectivity index (χ0n) is 12.2. The number of hydrogen-bond acceptors (Lipinski definition) is 7. The number of carbonyl (C=O) groups is 1. The molecule has 3 aromatic rings. The molecule has 24 heavy (non-hydrogen) atoms. The molecule has 9 heteroatoms. The van der Waals surface area contributed by atoms with E-state index in [1.54, 1.807) is 24.5 Å². The molecule has 0 aliphatic rings. The van der Waals surface area contributed by atoms with Crippen molar-refractivity contribution in [1.29, 1.82) is 0 Å². The smallest absolute Gasteiger partial charge is 0.269 e. The summed E-state index contributed by atoms with van der Waals surface area (Å²) in [6.45, 7) is 0. The number of nitro groups is 1. The molecule has 1 N–H and O–H groups in total. The van der Waals surface area contributed by atoms with Crippen molar-refractivity contribution in [3.05, 3.63) is 64.5 Å². The zero-order valence-corrected chi connectivity index (χ0v) is 13.1.